The highest BCUT2D eigenvalue weighted by molar-refractivity contribution is 5.96. The molecule has 7 heteroatoms. The number of aliphatic hydroxyl groups excluding tert-OH is 1. The molecule has 3 N–H and O–H groups in total. The van der Waals surface area contributed by atoms with Gasteiger partial charge in [0.2, 0.25) is 0 Å². The van der Waals surface area contributed by atoms with Gasteiger partial charge in [-0.25, -0.2) is 0 Å². The van der Waals surface area contributed by atoms with Crippen molar-refractivity contribution >= 4 is 5.91 Å². The molecule has 0 spiro atoms. The number of tetrazole rings is 1. The topological polar surface area (TPSA) is 104 Å². The lowest BCUT2D eigenvalue weighted by Gasteiger charge is -2.12. The molecule has 2 rings (SSSR count). The average molecular weight is 285 g/mol. The highest BCUT2D eigenvalue weighted by atomic mass is 16.2. The van der Waals surface area contributed by atoms with Gasteiger partial charge < -0.3 is 10.4 Å². The van der Waals surface area contributed by atoms with Gasteiger partial charge in [0, 0.05) is 11.1 Å². The first-order valence-electron chi connectivity index (χ1n) is 6.36. The fourth-order valence-corrected chi connectivity index (χ4v) is 1.78. The molecule has 7 nitrogen and oxygen atoms in total. The molecule has 1 amide bonds. The van der Waals surface area contributed by atoms with Gasteiger partial charge in [0.25, 0.3) is 5.91 Å². The maximum atomic E-state index is 12.3. The maximum Gasteiger partial charge on any atom is 0.252 e. The van der Waals surface area contributed by atoms with Crippen molar-refractivity contribution in [2.45, 2.75) is 19.9 Å². The Morgan fingerprint density at radius 2 is 2.33 bits per heavy atom. The SMILES string of the molecule is Cc1ccc(C#CCO)cc1C(=O)NC(C)c1nn[nH]n1. The lowest BCUT2D eigenvalue weighted by Crippen LogP contribution is -2.28. The van der Waals surface area contributed by atoms with E-state index in [1.54, 1.807) is 19.1 Å². The quantitative estimate of drug-likeness (QED) is 0.706. The van der Waals surface area contributed by atoms with E-state index in [1.807, 2.05) is 13.0 Å². The molecule has 0 saturated carbocycles. The molecule has 1 aromatic heterocycles. The lowest BCUT2D eigenvalue weighted by atomic mass is 10.0. The van der Waals surface area contributed by atoms with Crippen molar-refractivity contribution in [1.82, 2.24) is 25.9 Å². The molecule has 0 aliphatic rings. The average Bonchev–Trinajstić information content (AvgIpc) is 3.00. The van der Waals surface area contributed by atoms with Gasteiger partial charge in [-0.05, 0) is 31.5 Å². The van der Waals surface area contributed by atoms with Crippen LogP contribution in [0.5, 0.6) is 0 Å². The van der Waals surface area contributed by atoms with Crippen molar-refractivity contribution < 1.29 is 9.90 Å². The predicted molar refractivity (Wildman–Crippen MR) is 75.2 cm³/mol. The summed E-state index contributed by atoms with van der Waals surface area (Å²) in [5.41, 5.74) is 2.03. The summed E-state index contributed by atoms with van der Waals surface area (Å²) in [7, 11) is 0. The van der Waals surface area contributed by atoms with Crippen molar-refractivity contribution in [3.8, 4) is 11.8 Å². The van der Waals surface area contributed by atoms with E-state index in [2.05, 4.69) is 37.8 Å². The standard InChI is InChI=1S/C14H15N5O2/c1-9-5-6-11(4-3-7-20)8-12(9)14(21)15-10(2)13-16-18-19-17-13/h5-6,8,10,20H,7H2,1-2H3,(H,15,21)(H,16,17,18,19). The first kappa shape index (κ1) is 14.7. The molecule has 1 unspecified atom stereocenters. The maximum absolute atomic E-state index is 12.3. The Labute approximate surface area is 121 Å². The van der Waals surface area contributed by atoms with Crippen LogP contribution in [-0.4, -0.2) is 38.2 Å². The number of hydrogen-bond acceptors (Lipinski definition) is 5. The molecule has 0 aliphatic heterocycles. The van der Waals surface area contributed by atoms with Crippen LogP contribution in [0.3, 0.4) is 0 Å². The summed E-state index contributed by atoms with van der Waals surface area (Å²) in [6.07, 6.45) is 0. The van der Waals surface area contributed by atoms with Crippen LogP contribution in [-0.2, 0) is 0 Å². The van der Waals surface area contributed by atoms with Gasteiger partial charge in [0.15, 0.2) is 5.82 Å². The Kier molecular flexibility index (Phi) is 4.64. The monoisotopic (exact) mass is 285 g/mol. The Morgan fingerprint density at radius 1 is 1.52 bits per heavy atom. The number of benzene rings is 1. The number of amides is 1. The smallest absolute Gasteiger partial charge is 0.252 e. The second-order valence-electron chi connectivity index (χ2n) is 4.45. The van der Waals surface area contributed by atoms with E-state index in [9.17, 15) is 4.79 Å². The second-order valence-corrected chi connectivity index (χ2v) is 4.45. The number of aromatic nitrogens is 4. The Morgan fingerprint density at radius 3 is 3.00 bits per heavy atom. The summed E-state index contributed by atoms with van der Waals surface area (Å²) in [5.74, 6) is 5.51. The summed E-state index contributed by atoms with van der Waals surface area (Å²) >= 11 is 0. The number of nitrogens with zero attached hydrogens (tertiary/aromatic N) is 3. The number of aryl methyl sites for hydroxylation is 1. The van der Waals surface area contributed by atoms with Crippen LogP contribution in [0.25, 0.3) is 0 Å². The highest BCUT2D eigenvalue weighted by Gasteiger charge is 2.16. The summed E-state index contributed by atoms with van der Waals surface area (Å²) in [6.45, 7) is 3.40. The van der Waals surface area contributed by atoms with E-state index in [-0.39, 0.29) is 18.6 Å². The fourth-order valence-electron chi connectivity index (χ4n) is 1.78. The molecular weight excluding hydrogens is 270 g/mol. The minimum Gasteiger partial charge on any atom is -0.384 e. The molecule has 108 valence electrons. The number of nitrogens with one attached hydrogen (secondary N) is 2. The third kappa shape index (κ3) is 3.64. The number of rotatable bonds is 3. The first-order chi connectivity index (χ1) is 10.1. The zero-order chi connectivity index (χ0) is 15.2. The molecule has 1 heterocycles. The Balaban J connectivity index is 2.18. The van der Waals surface area contributed by atoms with Gasteiger partial charge in [-0.3, -0.25) is 4.79 Å². The molecule has 2 aromatic rings. The summed E-state index contributed by atoms with van der Waals surface area (Å²) in [6, 6.07) is 4.95. The van der Waals surface area contributed by atoms with Crippen LogP contribution in [0.1, 0.15) is 40.3 Å². The van der Waals surface area contributed by atoms with Crippen LogP contribution in [0.4, 0.5) is 0 Å². The number of carbonyl (C=O) groups excluding carboxylic acids is 1. The minimum absolute atomic E-state index is 0.218. The molecule has 0 fully saturated rings. The number of H-pyrrole nitrogens is 1. The molecule has 1 aromatic carbocycles. The van der Waals surface area contributed by atoms with E-state index >= 15 is 0 Å². The minimum atomic E-state index is -0.358. The molecule has 0 radical (unpaired) electrons. The Bertz CT molecular complexity index is 685. The van der Waals surface area contributed by atoms with E-state index < -0.39 is 0 Å². The molecule has 21 heavy (non-hydrogen) atoms. The van der Waals surface area contributed by atoms with Crippen molar-refractivity contribution in [3.05, 3.63) is 40.7 Å². The largest absolute Gasteiger partial charge is 0.384 e. The highest BCUT2D eigenvalue weighted by Crippen LogP contribution is 2.13. The first-order valence-corrected chi connectivity index (χ1v) is 6.36. The number of hydrogen-bond donors (Lipinski definition) is 3. The van der Waals surface area contributed by atoms with Gasteiger partial charge in [-0.1, -0.05) is 23.1 Å². The second kappa shape index (κ2) is 6.63. The molecule has 0 bridgehead atoms. The molecule has 0 saturated heterocycles. The third-order valence-electron chi connectivity index (χ3n) is 2.89. The lowest BCUT2D eigenvalue weighted by molar-refractivity contribution is 0.0937. The van der Waals surface area contributed by atoms with Crippen LogP contribution < -0.4 is 5.32 Å². The van der Waals surface area contributed by atoms with Gasteiger partial charge in [0.05, 0.1) is 6.04 Å². The summed E-state index contributed by atoms with van der Waals surface area (Å²) in [4.78, 5) is 12.3. The summed E-state index contributed by atoms with van der Waals surface area (Å²) in [5, 5.41) is 25.0. The van der Waals surface area contributed by atoms with Crippen molar-refractivity contribution in [2.24, 2.45) is 0 Å². The van der Waals surface area contributed by atoms with E-state index in [1.165, 1.54) is 0 Å². The van der Waals surface area contributed by atoms with E-state index in [0.29, 0.717) is 17.0 Å². The van der Waals surface area contributed by atoms with Crippen LogP contribution >= 0.6 is 0 Å². The molecular formula is C14H15N5O2. The van der Waals surface area contributed by atoms with Crippen molar-refractivity contribution in [2.75, 3.05) is 6.61 Å². The molecule has 1 atom stereocenters. The fraction of sp³-hybridized carbons (Fsp3) is 0.286. The van der Waals surface area contributed by atoms with Crippen molar-refractivity contribution in [1.29, 1.82) is 0 Å². The van der Waals surface area contributed by atoms with Gasteiger partial charge >= 0.3 is 0 Å². The normalized spacial score (nSPS) is 11.4. The predicted octanol–water partition coefficient (Wildman–Crippen LogP) is 0.343. The number of carbonyl (C=O) groups is 1. The van der Waals surface area contributed by atoms with Crippen LogP contribution in [0.2, 0.25) is 0 Å². The summed E-state index contributed by atoms with van der Waals surface area (Å²) < 4.78 is 0. The van der Waals surface area contributed by atoms with Gasteiger partial charge in [-0.15, -0.1) is 10.2 Å². The van der Waals surface area contributed by atoms with Gasteiger partial charge in [-0.2, -0.15) is 5.21 Å². The third-order valence-corrected chi connectivity index (χ3v) is 2.89. The van der Waals surface area contributed by atoms with E-state index in [0.717, 1.165) is 5.56 Å². The zero-order valence-electron chi connectivity index (χ0n) is 11.7. The van der Waals surface area contributed by atoms with Gasteiger partial charge in [0.1, 0.15) is 6.61 Å². The number of aliphatic hydroxyl groups is 1. The van der Waals surface area contributed by atoms with E-state index in [4.69, 9.17) is 5.11 Å². The number of aromatic amines is 1. The Hall–Kier alpha value is -2.72. The van der Waals surface area contributed by atoms with Crippen LogP contribution in [0, 0.1) is 18.8 Å². The van der Waals surface area contributed by atoms with Crippen LogP contribution in [0.15, 0.2) is 18.2 Å². The molecule has 0 aliphatic carbocycles. The zero-order valence-corrected chi connectivity index (χ0v) is 11.7. The van der Waals surface area contributed by atoms with Crippen molar-refractivity contribution in [3.63, 3.8) is 0 Å².